The van der Waals surface area contributed by atoms with Crippen LogP contribution in [0.25, 0.3) is 0 Å². The predicted octanol–water partition coefficient (Wildman–Crippen LogP) is 3.37. The summed E-state index contributed by atoms with van der Waals surface area (Å²) in [5.74, 6) is -31.5. The average Bonchev–Trinajstić information content (AvgIpc) is 2.22. The molecule has 0 N–H and O–H groups in total. The molecule has 0 heterocycles. The predicted molar refractivity (Wildman–Crippen MR) is 54.7 cm³/mol. The molecule has 0 aromatic carbocycles. The Kier molecular flexibility index (Phi) is 6.96. The Morgan fingerprint density at radius 3 is 0.840 bits per heavy atom. The fourth-order valence-corrected chi connectivity index (χ4v) is 0.755. The molecule has 0 amide bonds. The van der Waals surface area contributed by atoms with E-state index in [2.05, 4.69) is 28.2 Å². The van der Waals surface area contributed by atoms with E-state index in [9.17, 15) is 62.2 Å². The molecule has 0 bridgehead atoms. The summed E-state index contributed by atoms with van der Waals surface area (Å²) < 4.78 is 156. The van der Waals surface area contributed by atoms with Gasteiger partial charge in [-0.2, -0.15) is 48.3 Å². The van der Waals surface area contributed by atoms with Gasteiger partial charge in [-0.3, -0.25) is 0 Å². The molecule has 0 atom stereocenters. The Morgan fingerprint density at radius 1 is 0.480 bits per heavy atom. The van der Waals surface area contributed by atoms with Crippen molar-refractivity contribution in [1.29, 1.82) is 0 Å². The molecule has 15 heteroatoms. The number of hydrogen-bond donors (Lipinski definition) is 0. The number of rotatable bonds is 4. The van der Waals surface area contributed by atoms with Gasteiger partial charge in [0, 0.05) is 0 Å². The van der Waals surface area contributed by atoms with Crippen LogP contribution in [0.5, 0.6) is 0 Å². The molecule has 0 aromatic heterocycles. The van der Waals surface area contributed by atoms with Crippen LogP contribution in [-0.2, 0) is 0 Å². The SMILES string of the molecule is C[N+](C)(C)C.[O-]C(F)(F)C(F)(F)C(F)(F)C(F)(F)C(F)(F)C(F)(F)F. The summed E-state index contributed by atoms with van der Waals surface area (Å²) in [5, 5.41) is 9.37. The van der Waals surface area contributed by atoms with Crippen molar-refractivity contribution < 1.29 is 66.7 Å². The summed E-state index contributed by atoms with van der Waals surface area (Å²) in [6.07, 6.45) is -14.7. The highest BCUT2D eigenvalue weighted by Crippen LogP contribution is 2.59. The zero-order valence-corrected chi connectivity index (χ0v) is 12.8. The van der Waals surface area contributed by atoms with Crippen molar-refractivity contribution in [1.82, 2.24) is 0 Å². The van der Waals surface area contributed by atoms with E-state index in [-0.39, 0.29) is 0 Å². The molecule has 154 valence electrons. The molecule has 0 saturated carbocycles. The molecular formula is C10H12F13NO. The Bertz CT molecular complexity index is 401. The Labute approximate surface area is 132 Å². The molecule has 0 rings (SSSR count). The molecule has 0 unspecified atom stereocenters. The molecule has 0 aromatic rings. The second-order valence-corrected chi connectivity index (χ2v) is 6.00. The first-order valence-corrected chi connectivity index (χ1v) is 5.70. The molecular weight excluding hydrogens is 397 g/mol. The van der Waals surface area contributed by atoms with Crippen LogP contribution in [0.2, 0.25) is 0 Å². The van der Waals surface area contributed by atoms with E-state index >= 15 is 0 Å². The second kappa shape index (κ2) is 6.63. The summed E-state index contributed by atoms with van der Waals surface area (Å²) in [4.78, 5) is 0. The summed E-state index contributed by atoms with van der Waals surface area (Å²) in [6.45, 7) is 0. The third-order valence-corrected chi connectivity index (χ3v) is 1.90. The number of hydrogen-bond acceptors (Lipinski definition) is 1. The van der Waals surface area contributed by atoms with Gasteiger partial charge in [-0.1, -0.05) is 0 Å². The van der Waals surface area contributed by atoms with Crippen LogP contribution in [0.15, 0.2) is 0 Å². The summed E-state index contributed by atoms with van der Waals surface area (Å²) in [5.41, 5.74) is 0. The molecule has 0 aliphatic rings. The minimum absolute atomic E-state index is 1.00. The molecule has 0 saturated heterocycles. The van der Waals surface area contributed by atoms with Gasteiger partial charge >= 0.3 is 29.9 Å². The van der Waals surface area contributed by atoms with E-state index in [0.29, 0.717) is 0 Å². The molecule has 0 spiro atoms. The maximum Gasteiger partial charge on any atom is 0.460 e. The van der Waals surface area contributed by atoms with Gasteiger partial charge in [-0.05, 0) is 0 Å². The zero-order valence-electron chi connectivity index (χ0n) is 12.8. The maximum atomic E-state index is 12.3. The molecule has 2 nitrogen and oxygen atoms in total. The van der Waals surface area contributed by atoms with Crippen LogP contribution in [0.3, 0.4) is 0 Å². The highest BCUT2D eigenvalue weighted by Gasteiger charge is 2.89. The zero-order chi connectivity index (χ0) is 21.5. The van der Waals surface area contributed by atoms with Gasteiger partial charge in [-0.15, -0.1) is 0 Å². The van der Waals surface area contributed by atoms with Crippen molar-refractivity contribution in [2.75, 3.05) is 28.2 Å². The van der Waals surface area contributed by atoms with Crippen molar-refractivity contribution in [2.24, 2.45) is 0 Å². The lowest BCUT2D eigenvalue weighted by Crippen LogP contribution is -2.72. The van der Waals surface area contributed by atoms with Crippen molar-refractivity contribution in [3.63, 3.8) is 0 Å². The Balaban J connectivity index is 0. The highest BCUT2D eigenvalue weighted by molar-refractivity contribution is 5.07. The fourth-order valence-electron chi connectivity index (χ4n) is 0.755. The molecule has 0 fully saturated rings. The normalized spacial score (nSPS) is 15.6. The van der Waals surface area contributed by atoms with Gasteiger partial charge in [0.05, 0.1) is 28.2 Å². The number of alkyl halides is 13. The van der Waals surface area contributed by atoms with Gasteiger partial charge in [0.1, 0.15) is 0 Å². The summed E-state index contributed by atoms with van der Waals surface area (Å²) in [7, 11) is 8.50. The largest absolute Gasteiger partial charge is 0.793 e. The third kappa shape index (κ3) is 5.24. The molecule has 0 aliphatic carbocycles. The highest BCUT2D eigenvalue weighted by atomic mass is 19.4. The Morgan fingerprint density at radius 2 is 0.680 bits per heavy atom. The fraction of sp³-hybridized carbons (Fsp3) is 1.00. The average molecular weight is 409 g/mol. The minimum Gasteiger partial charge on any atom is -0.793 e. The smallest absolute Gasteiger partial charge is 0.460 e. The quantitative estimate of drug-likeness (QED) is 0.516. The van der Waals surface area contributed by atoms with E-state index in [4.69, 9.17) is 0 Å². The standard InChI is InChI=1S/C6F13O.C4H12N/c7-1(8,3(11,12)5(15,16)17)2(9,10)4(13,14)6(18,19)20;1-5(2,3)4/h;1-4H3/q-1;+1. The lowest BCUT2D eigenvalue weighted by Gasteiger charge is -2.41. The van der Waals surface area contributed by atoms with Crippen LogP contribution >= 0.6 is 0 Å². The van der Waals surface area contributed by atoms with Crippen LogP contribution in [0.4, 0.5) is 57.1 Å². The van der Waals surface area contributed by atoms with Gasteiger partial charge in [-0.25, -0.2) is 8.78 Å². The van der Waals surface area contributed by atoms with E-state index in [0.717, 1.165) is 4.48 Å². The van der Waals surface area contributed by atoms with Crippen molar-refractivity contribution in [3.05, 3.63) is 0 Å². The minimum atomic E-state index is -8.00. The first-order chi connectivity index (χ1) is 10.2. The lowest BCUT2D eigenvalue weighted by molar-refractivity contribution is -0.849. The van der Waals surface area contributed by atoms with Gasteiger partial charge in [0.25, 0.3) is 6.11 Å². The Hall–Kier alpha value is -0.990. The molecule has 0 aliphatic heterocycles. The first-order valence-electron chi connectivity index (χ1n) is 5.70. The van der Waals surface area contributed by atoms with E-state index in [1.54, 1.807) is 0 Å². The summed E-state index contributed by atoms with van der Waals surface area (Å²) >= 11 is 0. The van der Waals surface area contributed by atoms with E-state index in [1.807, 2.05) is 0 Å². The van der Waals surface area contributed by atoms with Gasteiger partial charge in [0.2, 0.25) is 0 Å². The van der Waals surface area contributed by atoms with Crippen LogP contribution in [0.1, 0.15) is 0 Å². The summed E-state index contributed by atoms with van der Waals surface area (Å²) in [6, 6.07) is 0. The number of halogens is 13. The molecule has 0 radical (unpaired) electrons. The van der Waals surface area contributed by atoms with Gasteiger partial charge in [0.15, 0.2) is 0 Å². The first kappa shape index (κ1) is 26.2. The van der Waals surface area contributed by atoms with E-state index in [1.165, 1.54) is 0 Å². The van der Waals surface area contributed by atoms with Crippen molar-refractivity contribution >= 4 is 0 Å². The van der Waals surface area contributed by atoms with Gasteiger partial charge < -0.3 is 9.59 Å². The van der Waals surface area contributed by atoms with Crippen LogP contribution in [0, 0.1) is 0 Å². The monoisotopic (exact) mass is 409 g/mol. The van der Waals surface area contributed by atoms with Crippen LogP contribution < -0.4 is 5.11 Å². The lowest BCUT2D eigenvalue weighted by atomic mass is 9.97. The number of quaternary nitrogens is 1. The van der Waals surface area contributed by atoms with Crippen LogP contribution in [-0.4, -0.2) is 68.6 Å². The third-order valence-electron chi connectivity index (χ3n) is 1.90. The van der Waals surface area contributed by atoms with Crippen molar-refractivity contribution in [3.8, 4) is 0 Å². The van der Waals surface area contributed by atoms with Crippen molar-refractivity contribution in [2.45, 2.75) is 36.0 Å². The topological polar surface area (TPSA) is 23.1 Å². The maximum absolute atomic E-state index is 12.3. The van der Waals surface area contributed by atoms with E-state index < -0.39 is 36.0 Å². The number of nitrogens with zero attached hydrogens (tertiary/aromatic N) is 1. The second-order valence-electron chi connectivity index (χ2n) is 6.00. The molecule has 25 heavy (non-hydrogen) atoms.